The Kier molecular flexibility index (Phi) is 1.44. The monoisotopic (exact) mass is 138 g/mol. The molecule has 1 saturated heterocycles. The average molecular weight is 138 g/mol. The minimum absolute atomic E-state index is 0.514. The smallest absolute Gasteiger partial charge is 0.290 e. The van der Waals surface area contributed by atoms with E-state index in [1.54, 1.807) is 13.8 Å². The van der Waals surface area contributed by atoms with Gasteiger partial charge in [-0.2, -0.15) is 0 Å². The first kappa shape index (κ1) is 6.89. The van der Waals surface area contributed by atoms with Gasteiger partial charge in [-0.25, -0.2) is 0 Å². The summed E-state index contributed by atoms with van der Waals surface area (Å²) in [4.78, 5) is 0. The molecule has 0 spiro atoms. The van der Waals surface area contributed by atoms with Crippen LogP contribution in [0.5, 0.6) is 0 Å². The molecule has 0 aromatic rings. The van der Waals surface area contributed by atoms with Crippen molar-refractivity contribution in [1.82, 2.24) is 0 Å². The molecule has 0 saturated carbocycles. The molecule has 0 amide bonds. The molecule has 1 unspecified atom stereocenters. The normalized spacial score (nSPS) is 41.3. The lowest BCUT2D eigenvalue weighted by Crippen LogP contribution is -2.16. The van der Waals surface area contributed by atoms with Crippen molar-refractivity contribution in [2.75, 3.05) is 0 Å². The van der Waals surface area contributed by atoms with E-state index in [9.17, 15) is 8.78 Å². The minimum atomic E-state index is -3.36. The average Bonchev–Trinajstić information content (AvgIpc) is 1.79. The maximum absolute atomic E-state index is 12.0. The van der Waals surface area contributed by atoms with Crippen molar-refractivity contribution in [3.8, 4) is 0 Å². The first-order valence-corrected chi connectivity index (χ1v) is 2.75. The van der Waals surface area contributed by atoms with Gasteiger partial charge in [0.1, 0.15) is 0 Å². The molecular formula is C5H8F2O2. The summed E-state index contributed by atoms with van der Waals surface area (Å²) in [5.74, 6) is 0. The highest BCUT2D eigenvalue weighted by Gasteiger charge is 2.45. The Balaban J connectivity index is 2.54. The fraction of sp³-hybridized carbons (Fsp3) is 1.00. The van der Waals surface area contributed by atoms with Crippen LogP contribution in [0.2, 0.25) is 0 Å². The Morgan fingerprint density at radius 1 is 1.11 bits per heavy atom. The summed E-state index contributed by atoms with van der Waals surface area (Å²) >= 11 is 0. The molecule has 0 aromatic carbocycles. The van der Waals surface area contributed by atoms with Crippen LogP contribution in [0, 0.1) is 0 Å². The van der Waals surface area contributed by atoms with Crippen LogP contribution in [0.15, 0.2) is 0 Å². The van der Waals surface area contributed by atoms with Crippen molar-refractivity contribution in [2.45, 2.75) is 32.4 Å². The number of hydrogen-bond donors (Lipinski definition) is 0. The van der Waals surface area contributed by atoms with Gasteiger partial charge in [0.05, 0.1) is 12.2 Å². The van der Waals surface area contributed by atoms with E-state index in [-0.39, 0.29) is 0 Å². The highest BCUT2D eigenvalue weighted by Crippen LogP contribution is 2.30. The number of halogens is 2. The second-order valence-electron chi connectivity index (χ2n) is 2.11. The van der Waals surface area contributed by atoms with Crippen molar-refractivity contribution < 1.29 is 18.3 Å². The van der Waals surface area contributed by atoms with Gasteiger partial charge in [0.15, 0.2) is 0 Å². The Hall–Kier alpha value is -0.220. The van der Waals surface area contributed by atoms with E-state index in [0.29, 0.717) is 0 Å². The molecule has 0 N–H and O–H groups in total. The lowest BCUT2D eigenvalue weighted by atomic mass is 10.3. The molecular weight excluding hydrogens is 130 g/mol. The molecule has 4 heteroatoms. The second kappa shape index (κ2) is 1.88. The van der Waals surface area contributed by atoms with E-state index in [0.717, 1.165) is 0 Å². The number of hydrogen-bond acceptors (Lipinski definition) is 2. The van der Waals surface area contributed by atoms with Gasteiger partial charge in [-0.3, -0.25) is 9.47 Å². The summed E-state index contributed by atoms with van der Waals surface area (Å²) in [6, 6.07) is 0. The Bertz CT molecular complexity index is 104. The van der Waals surface area contributed by atoms with E-state index in [2.05, 4.69) is 9.47 Å². The van der Waals surface area contributed by atoms with Crippen LogP contribution >= 0.6 is 0 Å². The lowest BCUT2D eigenvalue weighted by molar-refractivity contribution is -0.349. The van der Waals surface area contributed by atoms with Crippen molar-refractivity contribution in [3.05, 3.63) is 0 Å². The van der Waals surface area contributed by atoms with E-state index < -0.39 is 18.5 Å². The summed E-state index contributed by atoms with van der Waals surface area (Å²) in [5.41, 5.74) is 0. The first-order valence-electron chi connectivity index (χ1n) is 2.75. The summed E-state index contributed by atoms with van der Waals surface area (Å²) in [7, 11) is 0. The zero-order chi connectivity index (χ0) is 7.07. The summed E-state index contributed by atoms with van der Waals surface area (Å²) in [6.07, 6.45) is -4.39. The van der Waals surface area contributed by atoms with Gasteiger partial charge in [0.2, 0.25) is 0 Å². The fourth-order valence-corrected chi connectivity index (χ4v) is 0.652. The van der Waals surface area contributed by atoms with E-state index in [1.165, 1.54) is 0 Å². The fourth-order valence-electron chi connectivity index (χ4n) is 0.652. The summed E-state index contributed by atoms with van der Waals surface area (Å²) in [6.45, 7) is 3.09. The van der Waals surface area contributed by atoms with Gasteiger partial charge in [-0.1, -0.05) is 0 Å². The van der Waals surface area contributed by atoms with Gasteiger partial charge in [-0.05, 0) is 13.8 Å². The minimum Gasteiger partial charge on any atom is -0.290 e. The predicted octanol–water partition coefficient (Wildman–Crippen LogP) is 1.36. The van der Waals surface area contributed by atoms with Crippen LogP contribution in [0.1, 0.15) is 13.8 Å². The van der Waals surface area contributed by atoms with Crippen LogP contribution in [-0.4, -0.2) is 18.5 Å². The van der Waals surface area contributed by atoms with Crippen LogP contribution in [0.3, 0.4) is 0 Å². The van der Waals surface area contributed by atoms with Gasteiger partial charge < -0.3 is 0 Å². The molecule has 0 aromatic heterocycles. The number of alkyl halides is 2. The third kappa shape index (κ3) is 1.37. The second-order valence-corrected chi connectivity index (χ2v) is 2.11. The third-order valence-corrected chi connectivity index (χ3v) is 1.31. The molecule has 1 heterocycles. The van der Waals surface area contributed by atoms with Crippen LogP contribution < -0.4 is 0 Å². The molecule has 1 aliphatic heterocycles. The summed E-state index contributed by atoms with van der Waals surface area (Å²) < 4.78 is 32.2. The molecule has 0 aliphatic carbocycles. The molecule has 0 bridgehead atoms. The van der Waals surface area contributed by atoms with Crippen molar-refractivity contribution >= 4 is 0 Å². The summed E-state index contributed by atoms with van der Waals surface area (Å²) in [5, 5.41) is 0. The highest BCUT2D eigenvalue weighted by molar-refractivity contribution is 4.67. The zero-order valence-electron chi connectivity index (χ0n) is 5.23. The van der Waals surface area contributed by atoms with Gasteiger partial charge in [0, 0.05) is 0 Å². The van der Waals surface area contributed by atoms with Crippen molar-refractivity contribution in [3.63, 3.8) is 0 Å². The number of rotatable bonds is 0. The lowest BCUT2D eigenvalue weighted by Gasteiger charge is -2.04. The molecule has 2 atom stereocenters. The topological polar surface area (TPSA) is 18.5 Å². The Morgan fingerprint density at radius 2 is 1.44 bits per heavy atom. The quantitative estimate of drug-likeness (QED) is 0.503. The Labute approximate surface area is 51.8 Å². The largest absolute Gasteiger partial charge is 0.486 e. The van der Waals surface area contributed by atoms with Gasteiger partial charge in [0.25, 0.3) is 0 Å². The van der Waals surface area contributed by atoms with Gasteiger partial charge >= 0.3 is 6.29 Å². The van der Waals surface area contributed by atoms with E-state index in [1.807, 2.05) is 0 Å². The standard InChI is InChI=1S/C5H8F2O2/c1-3-4(2)9-5(6,7)8-3/h3-4H,1-2H3/t3-,4?/m0/s1. The van der Waals surface area contributed by atoms with Crippen molar-refractivity contribution in [1.29, 1.82) is 0 Å². The zero-order valence-corrected chi connectivity index (χ0v) is 5.23. The number of ether oxygens (including phenoxy) is 2. The molecule has 2 nitrogen and oxygen atoms in total. The van der Waals surface area contributed by atoms with Crippen LogP contribution in [0.4, 0.5) is 8.78 Å². The predicted molar refractivity (Wildman–Crippen MR) is 26.0 cm³/mol. The van der Waals surface area contributed by atoms with E-state index in [4.69, 9.17) is 0 Å². The SMILES string of the molecule is CC1OC(F)(F)O[C@H]1C. The van der Waals surface area contributed by atoms with Crippen LogP contribution in [-0.2, 0) is 9.47 Å². The van der Waals surface area contributed by atoms with Gasteiger partial charge in [-0.15, -0.1) is 8.78 Å². The maximum Gasteiger partial charge on any atom is 0.486 e. The van der Waals surface area contributed by atoms with Crippen molar-refractivity contribution in [2.24, 2.45) is 0 Å². The molecule has 1 fully saturated rings. The third-order valence-electron chi connectivity index (χ3n) is 1.31. The Morgan fingerprint density at radius 3 is 1.56 bits per heavy atom. The molecule has 1 aliphatic rings. The maximum atomic E-state index is 12.0. The molecule has 9 heavy (non-hydrogen) atoms. The molecule has 54 valence electrons. The molecule has 0 radical (unpaired) electrons. The molecule has 1 rings (SSSR count). The van der Waals surface area contributed by atoms with Crippen LogP contribution in [0.25, 0.3) is 0 Å². The first-order chi connectivity index (χ1) is 4.01. The highest BCUT2D eigenvalue weighted by atomic mass is 19.3. The van der Waals surface area contributed by atoms with E-state index >= 15 is 0 Å².